The highest BCUT2D eigenvalue weighted by Gasteiger charge is 2.25. The van der Waals surface area contributed by atoms with Crippen LogP contribution in [0.1, 0.15) is 19.4 Å². The smallest absolute Gasteiger partial charge is 0.410 e. The van der Waals surface area contributed by atoms with Crippen LogP contribution in [0.15, 0.2) is 36.6 Å². The third-order valence-corrected chi connectivity index (χ3v) is 3.73. The molecule has 0 heterocycles. The quantitative estimate of drug-likeness (QED) is 0.551. The van der Waals surface area contributed by atoms with Gasteiger partial charge in [0.25, 0.3) is 0 Å². The van der Waals surface area contributed by atoms with Crippen LogP contribution in [-0.2, 0) is 18.1 Å². The minimum atomic E-state index is -3.55. The Morgan fingerprint density at radius 1 is 1.22 bits per heavy atom. The summed E-state index contributed by atoms with van der Waals surface area (Å²) in [6.45, 7) is 3.87. The number of halogens is 1. The Morgan fingerprint density at radius 3 is 2.28 bits per heavy atom. The summed E-state index contributed by atoms with van der Waals surface area (Å²) >= 11 is 6.02. The van der Waals surface area contributed by atoms with Gasteiger partial charge in [-0.2, -0.15) is 0 Å². The first-order chi connectivity index (χ1) is 8.61. The zero-order valence-electron chi connectivity index (χ0n) is 10.3. The number of benzene rings is 1. The topological polar surface area (TPSA) is 44.8 Å². The van der Waals surface area contributed by atoms with Crippen molar-refractivity contribution in [1.29, 1.82) is 0 Å². The van der Waals surface area contributed by atoms with Crippen molar-refractivity contribution in [2.45, 2.75) is 13.8 Å². The van der Waals surface area contributed by atoms with Crippen LogP contribution in [0.3, 0.4) is 0 Å². The van der Waals surface area contributed by atoms with Gasteiger partial charge >= 0.3 is 7.82 Å². The average molecular weight is 291 g/mol. The predicted molar refractivity (Wildman–Crippen MR) is 72.2 cm³/mol. The van der Waals surface area contributed by atoms with Crippen molar-refractivity contribution in [3.63, 3.8) is 0 Å². The molecule has 0 fully saturated rings. The van der Waals surface area contributed by atoms with E-state index in [0.29, 0.717) is 5.03 Å². The molecule has 0 bridgehead atoms. The number of phosphoric ester groups is 1. The SMILES string of the molecule is CCOP(=O)(O/C=C(/Cl)c1ccccc1)OCC. The first kappa shape index (κ1) is 15.3. The minimum Gasteiger partial charge on any atom is -0.410 e. The summed E-state index contributed by atoms with van der Waals surface area (Å²) in [5.41, 5.74) is 0.763. The molecule has 1 aromatic carbocycles. The number of hydrogen-bond donors (Lipinski definition) is 0. The molecule has 4 nitrogen and oxygen atoms in total. The van der Waals surface area contributed by atoms with Gasteiger partial charge in [-0.05, 0) is 19.4 Å². The highest BCUT2D eigenvalue weighted by Crippen LogP contribution is 2.50. The predicted octanol–water partition coefficient (Wildman–Crippen LogP) is 4.42. The van der Waals surface area contributed by atoms with Crippen LogP contribution >= 0.6 is 19.4 Å². The van der Waals surface area contributed by atoms with Crippen molar-refractivity contribution in [1.82, 2.24) is 0 Å². The van der Waals surface area contributed by atoms with Gasteiger partial charge in [0.05, 0.1) is 18.2 Å². The number of phosphoric acid groups is 1. The fourth-order valence-electron chi connectivity index (χ4n) is 1.19. The highest BCUT2D eigenvalue weighted by atomic mass is 35.5. The lowest BCUT2D eigenvalue weighted by molar-refractivity contribution is 0.154. The van der Waals surface area contributed by atoms with Gasteiger partial charge in [0, 0.05) is 0 Å². The first-order valence-electron chi connectivity index (χ1n) is 5.60. The van der Waals surface area contributed by atoms with E-state index in [-0.39, 0.29) is 13.2 Å². The number of rotatable bonds is 7. The molecular formula is C12H16ClO4P. The highest BCUT2D eigenvalue weighted by molar-refractivity contribution is 7.48. The maximum Gasteiger partial charge on any atom is 0.529 e. The van der Waals surface area contributed by atoms with Gasteiger partial charge in [-0.15, -0.1) is 0 Å². The van der Waals surface area contributed by atoms with Crippen LogP contribution in [0.5, 0.6) is 0 Å². The maximum absolute atomic E-state index is 12.0. The van der Waals surface area contributed by atoms with Crippen molar-refractivity contribution in [3.05, 3.63) is 42.2 Å². The molecule has 0 amide bonds. The molecule has 1 aromatic rings. The molecule has 0 saturated heterocycles. The lowest BCUT2D eigenvalue weighted by Gasteiger charge is -2.14. The van der Waals surface area contributed by atoms with Gasteiger partial charge in [0.2, 0.25) is 0 Å². The molecule has 0 aromatic heterocycles. The lowest BCUT2D eigenvalue weighted by atomic mass is 10.2. The fourth-order valence-corrected chi connectivity index (χ4v) is 2.49. The molecule has 0 unspecified atom stereocenters. The minimum absolute atomic E-state index is 0.230. The lowest BCUT2D eigenvalue weighted by Crippen LogP contribution is -1.96. The second-order valence-corrected chi connectivity index (χ2v) is 5.25. The van der Waals surface area contributed by atoms with Gasteiger partial charge in [-0.3, -0.25) is 9.05 Å². The summed E-state index contributed by atoms with van der Waals surface area (Å²) in [7, 11) is -3.55. The molecule has 0 N–H and O–H groups in total. The molecule has 0 spiro atoms. The Balaban J connectivity index is 2.74. The second-order valence-electron chi connectivity index (χ2n) is 3.22. The van der Waals surface area contributed by atoms with Crippen LogP contribution in [-0.4, -0.2) is 13.2 Å². The summed E-state index contributed by atoms with van der Waals surface area (Å²) in [6.07, 6.45) is 1.18. The van der Waals surface area contributed by atoms with Crippen LogP contribution in [0.4, 0.5) is 0 Å². The Hall–Kier alpha value is -0.800. The fraction of sp³-hybridized carbons (Fsp3) is 0.333. The van der Waals surface area contributed by atoms with Gasteiger partial charge in [0.1, 0.15) is 6.26 Å². The van der Waals surface area contributed by atoms with Gasteiger partial charge in [0.15, 0.2) is 0 Å². The van der Waals surface area contributed by atoms with E-state index in [1.54, 1.807) is 13.8 Å². The molecule has 1 rings (SSSR count). The van der Waals surface area contributed by atoms with E-state index in [1.165, 1.54) is 6.26 Å². The molecule has 0 aliphatic carbocycles. The summed E-state index contributed by atoms with van der Waals surface area (Å²) in [4.78, 5) is 0. The van der Waals surface area contributed by atoms with Crippen molar-refractivity contribution in [2.24, 2.45) is 0 Å². The Bertz CT molecular complexity index is 423. The van der Waals surface area contributed by atoms with E-state index in [2.05, 4.69) is 0 Å². The van der Waals surface area contributed by atoms with E-state index in [0.717, 1.165) is 5.56 Å². The molecular weight excluding hydrogens is 275 g/mol. The standard InChI is InChI=1S/C12H16ClO4P/c1-3-15-18(14,16-4-2)17-10-12(13)11-8-6-5-7-9-11/h5-10H,3-4H2,1-2H3/b12-10+. The largest absolute Gasteiger partial charge is 0.529 e. The summed E-state index contributed by atoms with van der Waals surface area (Å²) in [5, 5.41) is 0.329. The molecule has 100 valence electrons. The van der Waals surface area contributed by atoms with Crippen LogP contribution in [0.25, 0.3) is 5.03 Å². The Morgan fingerprint density at radius 2 is 1.78 bits per heavy atom. The Labute approximate surface area is 112 Å². The van der Waals surface area contributed by atoms with E-state index in [4.69, 9.17) is 25.2 Å². The third-order valence-electron chi connectivity index (χ3n) is 1.91. The normalized spacial score (nSPS) is 12.5. The third kappa shape index (κ3) is 4.83. The van der Waals surface area contributed by atoms with Gasteiger partial charge in [-0.25, -0.2) is 4.57 Å². The zero-order chi connectivity index (χ0) is 13.4. The van der Waals surface area contributed by atoms with Crippen LogP contribution < -0.4 is 0 Å². The van der Waals surface area contributed by atoms with Crippen molar-refractivity contribution in [3.8, 4) is 0 Å². The molecule has 0 saturated carbocycles. The maximum atomic E-state index is 12.0. The summed E-state index contributed by atoms with van der Waals surface area (Å²) < 4.78 is 27.0. The first-order valence-corrected chi connectivity index (χ1v) is 7.43. The van der Waals surface area contributed by atoms with Crippen molar-refractivity contribution in [2.75, 3.05) is 13.2 Å². The molecule has 0 radical (unpaired) electrons. The van der Waals surface area contributed by atoms with Gasteiger partial charge in [-0.1, -0.05) is 41.9 Å². The van der Waals surface area contributed by atoms with E-state index in [9.17, 15) is 4.57 Å². The monoisotopic (exact) mass is 290 g/mol. The summed E-state index contributed by atoms with van der Waals surface area (Å²) in [6, 6.07) is 9.19. The zero-order valence-corrected chi connectivity index (χ0v) is 12.0. The van der Waals surface area contributed by atoms with Crippen molar-refractivity contribution < 1.29 is 18.1 Å². The van der Waals surface area contributed by atoms with Crippen molar-refractivity contribution >= 4 is 24.5 Å². The Kier molecular flexibility index (Phi) is 6.44. The van der Waals surface area contributed by atoms with Gasteiger partial charge < -0.3 is 4.52 Å². The van der Waals surface area contributed by atoms with E-state index >= 15 is 0 Å². The van der Waals surface area contributed by atoms with Crippen LogP contribution in [0, 0.1) is 0 Å². The molecule has 0 aliphatic rings. The second kappa shape index (κ2) is 7.59. The van der Waals surface area contributed by atoms with E-state index < -0.39 is 7.82 Å². The number of hydrogen-bond acceptors (Lipinski definition) is 4. The van der Waals surface area contributed by atoms with Crippen LogP contribution in [0.2, 0.25) is 0 Å². The summed E-state index contributed by atoms with van der Waals surface area (Å²) in [5.74, 6) is 0. The molecule has 6 heteroatoms. The molecule has 0 atom stereocenters. The molecule has 18 heavy (non-hydrogen) atoms. The molecule has 0 aliphatic heterocycles. The van der Waals surface area contributed by atoms with E-state index in [1.807, 2.05) is 30.3 Å². The average Bonchev–Trinajstić information content (AvgIpc) is 2.38.